The second-order valence-electron chi connectivity index (χ2n) is 4.68. The molecule has 1 atom stereocenters. The van der Waals surface area contributed by atoms with Crippen LogP contribution >= 0.6 is 0 Å². The van der Waals surface area contributed by atoms with Crippen LogP contribution in [0.1, 0.15) is 34.1 Å². The fourth-order valence-electron chi connectivity index (χ4n) is 1.61. The van der Waals surface area contributed by atoms with Crippen LogP contribution in [0.4, 0.5) is 0 Å². The molecule has 0 saturated heterocycles. The molecule has 0 aromatic heterocycles. The van der Waals surface area contributed by atoms with Crippen molar-refractivity contribution >= 4 is 5.91 Å². The van der Waals surface area contributed by atoms with Gasteiger partial charge in [0.1, 0.15) is 0 Å². The van der Waals surface area contributed by atoms with E-state index in [9.17, 15) is 4.79 Å². The number of allylic oxidation sites excluding steroid dienone is 3. The van der Waals surface area contributed by atoms with Crippen LogP contribution in [0.3, 0.4) is 0 Å². The van der Waals surface area contributed by atoms with Gasteiger partial charge in [0.15, 0.2) is 0 Å². The lowest BCUT2D eigenvalue weighted by atomic mass is 10.0. The van der Waals surface area contributed by atoms with Gasteiger partial charge in [0.2, 0.25) is 5.91 Å². The molecule has 1 aliphatic rings. The van der Waals surface area contributed by atoms with E-state index in [1.165, 1.54) is 12.5 Å². The SMILES string of the molecule is C=C1C=CC(NC(C)=O)=CN1/C=C(/C)C(C)CC. The van der Waals surface area contributed by atoms with Gasteiger partial charge in [0.25, 0.3) is 0 Å². The summed E-state index contributed by atoms with van der Waals surface area (Å²) in [5.41, 5.74) is 2.97. The average molecular weight is 246 g/mol. The Morgan fingerprint density at radius 2 is 2.17 bits per heavy atom. The lowest BCUT2D eigenvalue weighted by Crippen LogP contribution is -2.23. The van der Waals surface area contributed by atoms with Crippen LogP contribution in [-0.4, -0.2) is 10.8 Å². The van der Waals surface area contributed by atoms with Crippen LogP contribution in [0.5, 0.6) is 0 Å². The molecule has 18 heavy (non-hydrogen) atoms. The Morgan fingerprint density at radius 3 is 2.72 bits per heavy atom. The number of nitrogens with zero attached hydrogens (tertiary/aromatic N) is 1. The molecule has 0 radical (unpaired) electrons. The Bertz CT molecular complexity index is 430. The Balaban J connectivity index is 2.87. The largest absolute Gasteiger partial charge is 0.325 e. The van der Waals surface area contributed by atoms with Crippen LogP contribution in [0, 0.1) is 5.92 Å². The highest BCUT2D eigenvalue weighted by atomic mass is 16.1. The number of hydrogen-bond donors (Lipinski definition) is 1. The van der Waals surface area contributed by atoms with Gasteiger partial charge in [-0.2, -0.15) is 0 Å². The molecule has 1 N–H and O–H groups in total. The van der Waals surface area contributed by atoms with Gasteiger partial charge in [0, 0.05) is 25.0 Å². The van der Waals surface area contributed by atoms with Crippen molar-refractivity contribution < 1.29 is 4.79 Å². The first kappa shape index (κ1) is 14.3. The van der Waals surface area contributed by atoms with E-state index in [0.717, 1.165) is 17.8 Å². The molecular formula is C15H22N2O. The summed E-state index contributed by atoms with van der Waals surface area (Å²) in [6.45, 7) is 12.0. The molecule has 1 heterocycles. The highest BCUT2D eigenvalue weighted by molar-refractivity contribution is 5.75. The summed E-state index contributed by atoms with van der Waals surface area (Å²) in [4.78, 5) is 13.0. The van der Waals surface area contributed by atoms with Gasteiger partial charge >= 0.3 is 0 Å². The first-order valence-corrected chi connectivity index (χ1v) is 6.27. The molecule has 3 heteroatoms. The predicted octanol–water partition coefficient (Wildman–Crippen LogP) is 3.30. The lowest BCUT2D eigenvalue weighted by Gasteiger charge is -2.23. The smallest absolute Gasteiger partial charge is 0.221 e. The van der Waals surface area contributed by atoms with Crippen molar-refractivity contribution in [3.63, 3.8) is 0 Å². The number of hydrogen-bond acceptors (Lipinski definition) is 2. The van der Waals surface area contributed by atoms with Crippen LogP contribution in [-0.2, 0) is 4.79 Å². The zero-order valence-electron chi connectivity index (χ0n) is 11.7. The minimum Gasteiger partial charge on any atom is -0.325 e. The topological polar surface area (TPSA) is 32.3 Å². The third-order valence-electron chi connectivity index (χ3n) is 3.12. The van der Waals surface area contributed by atoms with Crippen LogP contribution in [0.15, 0.2) is 48.1 Å². The quantitative estimate of drug-likeness (QED) is 0.825. The van der Waals surface area contributed by atoms with E-state index in [0.29, 0.717) is 5.92 Å². The van der Waals surface area contributed by atoms with Gasteiger partial charge in [-0.15, -0.1) is 0 Å². The highest BCUT2D eigenvalue weighted by Gasteiger charge is 2.09. The third kappa shape index (κ3) is 3.91. The van der Waals surface area contributed by atoms with Crippen molar-refractivity contribution in [1.29, 1.82) is 0 Å². The summed E-state index contributed by atoms with van der Waals surface area (Å²) in [7, 11) is 0. The van der Waals surface area contributed by atoms with E-state index in [1.54, 1.807) is 0 Å². The van der Waals surface area contributed by atoms with Crippen LogP contribution in [0.25, 0.3) is 0 Å². The van der Waals surface area contributed by atoms with Gasteiger partial charge in [0.05, 0.1) is 5.70 Å². The van der Waals surface area contributed by atoms with Crippen LogP contribution < -0.4 is 5.32 Å². The molecule has 0 spiro atoms. The van der Waals surface area contributed by atoms with Crippen molar-refractivity contribution in [2.75, 3.05) is 0 Å². The summed E-state index contributed by atoms with van der Waals surface area (Å²) in [5, 5.41) is 2.77. The van der Waals surface area contributed by atoms with E-state index < -0.39 is 0 Å². The number of nitrogens with one attached hydrogen (secondary N) is 1. The van der Waals surface area contributed by atoms with Gasteiger partial charge in [-0.05, 0) is 31.4 Å². The Kier molecular flexibility index (Phi) is 4.95. The molecule has 0 saturated carbocycles. The predicted molar refractivity (Wildman–Crippen MR) is 75.2 cm³/mol. The molecule has 1 aliphatic heterocycles. The minimum absolute atomic E-state index is 0.0685. The Labute approximate surface area is 110 Å². The number of carbonyl (C=O) groups is 1. The van der Waals surface area contributed by atoms with Crippen LogP contribution in [0.2, 0.25) is 0 Å². The summed E-state index contributed by atoms with van der Waals surface area (Å²) < 4.78 is 0. The average Bonchev–Trinajstić information content (AvgIpc) is 2.31. The van der Waals surface area contributed by atoms with Crippen molar-refractivity contribution in [1.82, 2.24) is 10.2 Å². The first-order valence-electron chi connectivity index (χ1n) is 6.27. The molecule has 1 amide bonds. The summed E-state index contributed by atoms with van der Waals surface area (Å²) in [6, 6.07) is 0. The van der Waals surface area contributed by atoms with Crippen molar-refractivity contribution in [3.05, 3.63) is 48.1 Å². The van der Waals surface area contributed by atoms with E-state index in [2.05, 4.69) is 38.9 Å². The molecule has 98 valence electrons. The molecule has 3 nitrogen and oxygen atoms in total. The first-order chi connectivity index (χ1) is 8.43. The maximum absolute atomic E-state index is 11.0. The zero-order chi connectivity index (χ0) is 13.7. The number of amides is 1. The van der Waals surface area contributed by atoms with Crippen molar-refractivity contribution in [3.8, 4) is 0 Å². The molecule has 1 unspecified atom stereocenters. The molecule has 0 bridgehead atoms. The highest BCUT2D eigenvalue weighted by Crippen LogP contribution is 2.19. The molecule has 0 aromatic rings. The van der Waals surface area contributed by atoms with Gasteiger partial charge in [-0.1, -0.05) is 26.0 Å². The van der Waals surface area contributed by atoms with E-state index in [-0.39, 0.29) is 5.91 Å². The Morgan fingerprint density at radius 1 is 1.50 bits per heavy atom. The molecule has 0 fully saturated rings. The van der Waals surface area contributed by atoms with Gasteiger partial charge < -0.3 is 10.2 Å². The second-order valence-corrected chi connectivity index (χ2v) is 4.68. The van der Waals surface area contributed by atoms with E-state index >= 15 is 0 Å². The summed E-state index contributed by atoms with van der Waals surface area (Å²) >= 11 is 0. The normalized spacial score (nSPS) is 17.6. The molecular weight excluding hydrogens is 224 g/mol. The summed E-state index contributed by atoms with van der Waals surface area (Å²) in [6.07, 6.45) is 8.82. The fourth-order valence-corrected chi connectivity index (χ4v) is 1.61. The summed E-state index contributed by atoms with van der Waals surface area (Å²) in [5.74, 6) is 0.474. The minimum atomic E-state index is -0.0685. The molecule has 0 aromatic carbocycles. The monoisotopic (exact) mass is 246 g/mol. The lowest BCUT2D eigenvalue weighted by molar-refractivity contribution is -0.118. The van der Waals surface area contributed by atoms with Crippen molar-refractivity contribution in [2.24, 2.45) is 5.92 Å². The maximum atomic E-state index is 11.0. The third-order valence-corrected chi connectivity index (χ3v) is 3.12. The fraction of sp³-hybridized carbons (Fsp3) is 0.400. The standard InChI is InChI=1S/C15H22N2O/c1-6-11(2)12(3)9-17-10-15(16-14(5)18)8-7-13(17)4/h7-11H,4,6H2,1-3,5H3,(H,16,18)/b12-9-. The molecule has 1 rings (SSSR count). The zero-order valence-corrected chi connectivity index (χ0v) is 11.7. The Hall–Kier alpha value is -1.77. The van der Waals surface area contributed by atoms with Gasteiger partial charge in [-0.25, -0.2) is 0 Å². The number of carbonyl (C=O) groups excluding carboxylic acids is 1. The van der Waals surface area contributed by atoms with Crippen molar-refractivity contribution in [2.45, 2.75) is 34.1 Å². The second kappa shape index (κ2) is 6.24. The maximum Gasteiger partial charge on any atom is 0.221 e. The van der Waals surface area contributed by atoms with Gasteiger partial charge in [-0.3, -0.25) is 4.79 Å². The van der Waals surface area contributed by atoms with E-state index in [1.807, 2.05) is 23.3 Å². The number of rotatable bonds is 4. The van der Waals surface area contributed by atoms with E-state index in [4.69, 9.17) is 0 Å². The molecule has 0 aliphatic carbocycles.